The standard InChI is InChI=1S/C23H28FN3O4/c24-20-3-1-2-18(12-20)14-25-23(28)16-27(7-6-26-8-10-29-11-9-26)15-19-4-5-21-22(13-19)31-17-30-21/h1-5,12-13H,6-11,14-17H2,(H,25,28). The van der Waals surface area contributed by atoms with E-state index in [-0.39, 0.29) is 25.1 Å². The Balaban J connectivity index is 1.35. The molecule has 0 spiro atoms. The summed E-state index contributed by atoms with van der Waals surface area (Å²) in [6.45, 7) is 6.34. The van der Waals surface area contributed by atoms with Crippen molar-refractivity contribution in [2.24, 2.45) is 0 Å². The second-order valence-corrected chi connectivity index (χ2v) is 7.76. The van der Waals surface area contributed by atoms with E-state index < -0.39 is 0 Å². The molecule has 2 aliphatic heterocycles. The number of nitrogens with zero attached hydrogens (tertiary/aromatic N) is 2. The van der Waals surface area contributed by atoms with Crippen LogP contribution in [0.1, 0.15) is 11.1 Å². The van der Waals surface area contributed by atoms with Crippen LogP contribution in [-0.2, 0) is 22.6 Å². The normalized spacial score (nSPS) is 15.9. The summed E-state index contributed by atoms with van der Waals surface area (Å²) in [6.07, 6.45) is 0. The third-order valence-corrected chi connectivity index (χ3v) is 5.43. The molecule has 166 valence electrons. The zero-order chi connectivity index (χ0) is 21.5. The lowest BCUT2D eigenvalue weighted by atomic mass is 10.2. The van der Waals surface area contributed by atoms with Crippen molar-refractivity contribution >= 4 is 5.91 Å². The average Bonchev–Trinajstić information content (AvgIpc) is 3.25. The van der Waals surface area contributed by atoms with Crippen molar-refractivity contribution in [1.82, 2.24) is 15.1 Å². The number of hydrogen-bond donors (Lipinski definition) is 1. The van der Waals surface area contributed by atoms with Gasteiger partial charge in [0.05, 0.1) is 19.8 Å². The van der Waals surface area contributed by atoms with Crippen molar-refractivity contribution in [3.05, 3.63) is 59.4 Å². The van der Waals surface area contributed by atoms with Gasteiger partial charge in [0.25, 0.3) is 0 Å². The van der Waals surface area contributed by atoms with Crippen LogP contribution >= 0.6 is 0 Å². The Labute approximate surface area is 181 Å². The van der Waals surface area contributed by atoms with E-state index in [2.05, 4.69) is 15.1 Å². The summed E-state index contributed by atoms with van der Waals surface area (Å²) >= 11 is 0. The number of amides is 1. The first kappa shape index (κ1) is 21.5. The Morgan fingerprint density at radius 3 is 2.74 bits per heavy atom. The van der Waals surface area contributed by atoms with E-state index in [4.69, 9.17) is 14.2 Å². The number of fused-ring (bicyclic) bond motifs is 1. The molecular weight excluding hydrogens is 401 g/mol. The second kappa shape index (κ2) is 10.6. The van der Waals surface area contributed by atoms with Gasteiger partial charge in [-0.2, -0.15) is 0 Å². The van der Waals surface area contributed by atoms with Gasteiger partial charge in [0.15, 0.2) is 11.5 Å². The highest BCUT2D eigenvalue weighted by atomic mass is 19.1. The molecule has 0 bridgehead atoms. The first-order valence-corrected chi connectivity index (χ1v) is 10.6. The maximum Gasteiger partial charge on any atom is 0.234 e. The lowest BCUT2D eigenvalue weighted by Crippen LogP contribution is -2.43. The van der Waals surface area contributed by atoms with Crippen LogP contribution in [0.4, 0.5) is 4.39 Å². The molecule has 0 aromatic heterocycles. The van der Waals surface area contributed by atoms with Gasteiger partial charge in [0, 0.05) is 39.3 Å². The highest BCUT2D eigenvalue weighted by Gasteiger charge is 2.18. The van der Waals surface area contributed by atoms with Crippen LogP contribution in [0.15, 0.2) is 42.5 Å². The Hall–Kier alpha value is -2.68. The van der Waals surface area contributed by atoms with Gasteiger partial charge in [-0.05, 0) is 35.4 Å². The highest BCUT2D eigenvalue weighted by Crippen LogP contribution is 2.32. The summed E-state index contributed by atoms with van der Waals surface area (Å²) in [5.74, 6) is 1.09. The molecule has 1 fully saturated rings. The zero-order valence-corrected chi connectivity index (χ0v) is 17.5. The number of carbonyl (C=O) groups is 1. The predicted molar refractivity (Wildman–Crippen MR) is 113 cm³/mol. The first-order valence-electron chi connectivity index (χ1n) is 10.6. The van der Waals surface area contributed by atoms with Crippen LogP contribution in [0.2, 0.25) is 0 Å². The van der Waals surface area contributed by atoms with E-state index in [0.717, 1.165) is 62.0 Å². The maximum absolute atomic E-state index is 13.4. The van der Waals surface area contributed by atoms with Gasteiger partial charge in [0.1, 0.15) is 5.82 Å². The fraction of sp³-hybridized carbons (Fsp3) is 0.435. The first-order chi connectivity index (χ1) is 15.2. The quantitative estimate of drug-likeness (QED) is 0.658. The minimum atomic E-state index is -0.304. The number of rotatable bonds is 9. The summed E-state index contributed by atoms with van der Waals surface area (Å²) in [6, 6.07) is 12.1. The molecule has 2 aliphatic rings. The Kier molecular flexibility index (Phi) is 7.35. The molecule has 1 amide bonds. The van der Waals surface area contributed by atoms with Gasteiger partial charge < -0.3 is 19.5 Å². The van der Waals surface area contributed by atoms with Crippen LogP contribution in [0.3, 0.4) is 0 Å². The number of morpholine rings is 1. The van der Waals surface area contributed by atoms with E-state index >= 15 is 0 Å². The number of ether oxygens (including phenoxy) is 3. The van der Waals surface area contributed by atoms with Crippen molar-refractivity contribution in [3.63, 3.8) is 0 Å². The summed E-state index contributed by atoms with van der Waals surface area (Å²) in [7, 11) is 0. The van der Waals surface area contributed by atoms with E-state index in [9.17, 15) is 9.18 Å². The molecule has 0 radical (unpaired) electrons. The SMILES string of the molecule is O=C(CN(CCN1CCOCC1)Cc1ccc2c(c1)OCO2)NCc1cccc(F)c1. The molecule has 2 heterocycles. The maximum atomic E-state index is 13.4. The van der Waals surface area contributed by atoms with Gasteiger partial charge in [-0.1, -0.05) is 18.2 Å². The molecule has 7 nitrogen and oxygen atoms in total. The minimum Gasteiger partial charge on any atom is -0.454 e. The van der Waals surface area contributed by atoms with Crippen LogP contribution in [0.25, 0.3) is 0 Å². The molecule has 8 heteroatoms. The Bertz CT molecular complexity index is 889. The molecule has 1 N–H and O–H groups in total. The molecular formula is C23H28FN3O4. The predicted octanol–water partition coefficient (Wildman–Crippen LogP) is 2.00. The van der Waals surface area contributed by atoms with Crippen molar-refractivity contribution in [2.75, 3.05) is 52.7 Å². The molecule has 0 aliphatic carbocycles. The van der Waals surface area contributed by atoms with Gasteiger partial charge >= 0.3 is 0 Å². The summed E-state index contributed by atoms with van der Waals surface area (Å²) in [4.78, 5) is 17.1. The number of nitrogens with one attached hydrogen (secondary N) is 1. The fourth-order valence-corrected chi connectivity index (χ4v) is 3.73. The largest absolute Gasteiger partial charge is 0.454 e. The molecule has 2 aromatic carbocycles. The highest BCUT2D eigenvalue weighted by molar-refractivity contribution is 5.78. The third-order valence-electron chi connectivity index (χ3n) is 5.43. The van der Waals surface area contributed by atoms with Crippen molar-refractivity contribution in [3.8, 4) is 11.5 Å². The number of benzene rings is 2. The molecule has 0 atom stereocenters. The summed E-state index contributed by atoms with van der Waals surface area (Å²) in [5.41, 5.74) is 1.80. The lowest BCUT2D eigenvalue weighted by molar-refractivity contribution is -0.122. The minimum absolute atomic E-state index is 0.0908. The van der Waals surface area contributed by atoms with E-state index in [1.807, 2.05) is 18.2 Å². The van der Waals surface area contributed by atoms with E-state index in [1.165, 1.54) is 12.1 Å². The third kappa shape index (κ3) is 6.40. The van der Waals surface area contributed by atoms with Crippen LogP contribution in [-0.4, -0.2) is 68.4 Å². The van der Waals surface area contributed by atoms with Crippen LogP contribution in [0.5, 0.6) is 11.5 Å². The molecule has 2 aromatic rings. The summed E-state index contributed by atoms with van der Waals surface area (Å²) in [5, 5.41) is 2.90. The topological polar surface area (TPSA) is 63.3 Å². The van der Waals surface area contributed by atoms with Gasteiger partial charge in [0.2, 0.25) is 12.7 Å². The Morgan fingerprint density at radius 2 is 1.90 bits per heavy atom. The lowest BCUT2D eigenvalue weighted by Gasteiger charge is -2.30. The van der Waals surface area contributed by atoms with E-state index in [1.54, 1.807) is 12.1 Å². The average molecular weight is 429 g/mol. The molecule has 4 rings (SSSR count). The van der Waals surface area contributed by atoms with Gasteiger partial charge in [-0.25, -0.2) is 4.39 Å². The number of hydrogen-bond acceptors (Lipinski definition) is 6. The monoisotopic (exact) mass is 429 g/mol. The van der Waals surface area contributed by atoms with E-state index in [0.29, 0.717) is 13.1 Å². The van der Waals surface area contributed by atoms with Crippen molar-refractivity contribution in [2.45, 2.75) is 13.1 Å². The number of halogens is 1. The molecule has 0 saturated carbocycles. The smallest absolute Gasteiger partial charge is 0.234 e. The number of carbonyl (C=O) groups excluding carboxylic acids is 1. The summed E-state index contributed by atoms with van der Waals surface area (Å²) < 4.78 is 29.7. The molecule has 0 unspecified atom stereocenters. The van der Waals surface area contributed by atoms with Crippen LogP contribution < -0.4 is 14.8 Å². The fourth-order valence-electron chi connectivity index (χ4n) is 3.73. The Morgan fingerprint density at radius 1 is 1.06 bits per heavy atom. The second-order valence-electron chi connectivity index (χ2n) is 7.76. The zero-order valence-electron chi connectivity index (χ0n) is 17.5. The van der Waals surface area contributed by atoms with Crippen molar-refractivity contribution in [1.29, 1.82) is 0 Å². The van der Waals surface area contributed by atoms with Crippen molar-refractivity contribution < 1.29 is 23.4 Å². The molecule has 31 heavy (non-hydrogen) atoms. The molecule has 1 saturated heterocycles. The van der Waals surface area contributed by atoms with Gasteiger partial charge in [-0.3, -0.25) is 14.6 Å². The van der Waals surface area contributed by atoms with Crippen LogP contribution in [0, 0.1) is 5.82 Å². The van der Waals surface area contributed by atoms with Gasteiger partial charge in [-0.15, -0.1) is 0 Å².